The fourth-order valence-electron chi connectivity index (χ4n) is 1.39. The van der Waals surface area contributed by atoms with Crippen molar-refractivity contribution in [2.75, 3.05) is 13.2 Å². The van der Waals surface area contributed by atoms with Crippen LogP contribution in [0.2, 0.25) is 0 Å². The molecule has 4 nitrogen and oxygen atoms in total. The highest BCUT2D eigenvalue weighted by molar-refractivity contribution is 5.81. The number of carbonyl (C=O) groups is 1. The van der Waals surface area contributed by atoms with Crippen LogP contribution in [-0.4, -0.2) is 36.2 Å². The molecule has 4 heteroatoms. The Labute approximate surface area is 98.8 Å². The van der Waals surface area contributed by atoms with Gasteiger partial charge in [0.1, 0.15) is 0 Å². The summed E-state index contributed by atoms with van der Waals surface area (Å²) in [5.41, 5.74) is 0. The molecule has 0 aromatic heterocycles. The van der Waals surface area contributed by atoms with E-state index in [1.54, 1.807) is 0 Å². The molecule has 0 fully saturated rings. The summed E-state index contributed by atoms with van der Waals surface area (Å²) in [7, 11) is 0. The van der Waals surface area contributed by atoms with E-state index >= 15 is 0 Å². The van der Waals surface area contributed by atoms with Gasteiger partial charge in [0.15, 0.2) is 0 Å². The Bertz CT molecular complexity index is 195. The Morgan fingerprint density at radius 3 is 2.38 bits per heavy atom. The molecule has 0 spiro atoms. The smallest absolute Gasteiger partial charge is 0.236 e. The van der Waals surface area contributed by atoms with Gasteiger partial charge in [-0.2, -0.15) is 0 Å². The second kappa shape index (κ2) is 8.53. The highest BCUT2D eigenvalue weighted by Gasteiger charge is 2.18. The van der Waals surface area contributed by atoms with Crippen molar-refractivity contribution in [3.05, 3.63) is 0 Å². The van der Waals surface area contributed by atoms with Gasteiger partial charge in [0.05, 0.1) is 12.6 Å². The number of unbranched alkanes of at least 4 members (excludes halogenated alkanes) is 1. The number of amides is 1. The average Bonchev–Trinajstić information content (AvgIpc) is 2.25. The van der Waals surface area contributed by atoms with Crippen LogP contribution in [0.4, 0.5) is 0 Å². The first-order valence-corrected chi connectivity index (χ1v) is 6.17. The molecule has 3 N–H and O–H groups in total. The molecule has 0 radical (unpaired) electrons. The van der Waals surface area contributed by atoms with Crippen molar-refractivity contribution < 1.29 is 9.90 Å². The Hall–Kier alpha value is -0.610. The monoisotopic (exact) mass is 230 g/mol. The largest absolute Gasteiger partial charge is 0.395 e. The fraction of sp³-hybridized carbons (Fsp3) is 0.917. The second-order valence-corrected chi connectivity index (χ2v) is 4.57. The molecule has 0 aliphatic carbocycles. The third-order valence-corrected chi connectivity index (χ3v) is 2.69. The van der Waals surface area contributed by atoms with E-state index in [-0.39, 0.29) is 24.6 Å². The minimum Gasteiger partial charge on any atom is -0.395 e. The zero-order valence-electron chi connectivity index (χ0n) is 10.9. The van der Waals surface area contributed by atoms with Crippen molar-refractivity contribution >= 4 is 5.91 Å². The van der Waals surface area contributed by atoms with Crippen LogP contribution in [0.5, 0.6) is 0 Å². The summed E-state index contributed by atoms with van der Waals surface area (Å²) in [6, 6.07) is -0.275. The van der Waals surface area contributed by atoms with E-state index in [0.29, 0.717) is 5.92 Å². The van der Waals surface area contributed by atoms with Crippen molar-refractivity contribution in [2.45, 2.75) is 52.6 Å². The number of carbonyl (C=O) groups excluding carboxylic acids is 1. The molecule has 0 saturated heterocycles. The molecule has 0 bridgehead atoms. The summed E-state index contributed by atoms with van der Waals surface area (Å²) in [5, 5.41) is 15.1. The maximum Gasteiger partial charge on any atom is 0.236 e. The van der Waals surface area contributed by atoms with Gasteiger partial charge in [0.25, 0.3) is 0 Å². The van der Waals surface area contributed by atoms with Gasteiger partial charge in [0, 0.05) is 12.6 Å². The molecule has 0 aliphatic heterocycles. The van der Waals surface area contributed by atoms with E-state index in [1.165, 1.54) is 0 Å². The second-order valence-electron chi connectivity index (χ2n) is 4.57. The van der Waals surface area contributed by atoms with Gasteiger partial charge in [-0.3, -0.25) is 4.79 Å². The van der Waals surface area contributed by atoms with Gasteiger partial charge in [-0.25, -0.2) is 0 Å². The number of hydrogen-bond acceptors (Lipinski definition) is 3. The lowest BCUT2D eigenvalue weighted by molar-refractivity contribution is -0.123. The van der Waals surface area contributed by atoms with Gasteiger partial charge in [0.2, 0.25) is 5.91 Å². The van der Waals surface area contributed by atoms with Crippen LogP contribution in [0.1, 0.15) is 40.5 Å². The summed E-state index contributed by atoms with van der Waals surface area (Å²) in [6.07, 6.45) is 2.08. The molecule has 16 heavy (non-hydrogen) atoms. The summed E-state index contributed by atoms with van der Waals surface area (Å²) < 4.78 is 0. The molecule has 0 aliphatic rings. The Balaban J connectivity index is 3.93. The number of aliphatic hydroxyl groups excluding tert-OH is 1. The number of nitrogens with one attached hydrogen (secondary N) is 2. The van der Waals surface area contributed by atoms with E-state index in [2.05, 4.69) is 17.6 Å². The molecule has 96 valence electrons. The van der Waals surface area contributed by atoms with Gasteiger partial charge in [-0.05, 0) is 19.3 Å². The molecular weight excluding hydrogens is 204 g/mol. The summed E-state index contributed by atoms with van der Waals surface area (Å²) in [6.45, 7) is 8.75. The number of aliphatic hydroxyl groups is 1. The number of hydrogen-bond donors (Lipinski definition) is 3. The van der Waals surface area contributed by atoms with Crippen LogP contribution in [0.3, 0.4) is 0 Å². The van der Waals surface area contributed by atoms with E-state index in [4.69, 9.17) is 5.11 Å². The molecule has 0 rings (SSSR count). The topological polar surface area (TPSA) is 61.4 Å². The molecule has 0 aromatic carbocycles. The van der Waals surface area contributed by atoms with Crippen molar-refractivity contribution in [1.29, 1.82) is 0 Å². The van der Waals surface area contributed by atoms with Gasteiger partial charge >= 0.3 is 0 Å². The zero-order valence-corrected chi connectivity index (χ0v) is 10.9. The van der Waals surface area contributed by atoms with Crippen LogP contribution in [-0.2, 0) is 4.79 Å². The maximum atomic E-state index is 11.6. The average molecular weight is 230 g/mol. The van der Waals surface area contributed by atoms with E-state index < -0.39 is 0 Å². The van der Waals surface area contributed by atoms with Crippen LogP contribution in [0.25, 0.3) is 0 Å². The van der Waals surface area contributed by atoms with Gasteiger partial charge in [-0.15, -0.1) is 0 Å². The number of rotatable bonds is 8. The molecule has 2 atom stereocenters. The van der Waals surface area contributed by atoms with E-state index in [9.17, 15) is 4.79 Å². The van der Waals surface area contributed by atoms with Crippen molar-refractivity contribution in [2.24, 2.45) is 5.92 Å². The third kappa shape index (κ3) is 6.08. The highest BCUT2D eigenvalue weighted by atomic mass is 16.3. The van der Waals surface area contributed by atoms with E-state index in [1.807, 2.05) is 20.8 Å². The van der Waals surface area contributed by atoms with Crippen molar-refractivity contribution in [1.82, 2.24) is 10.6 Å². The molecule has 0 heterocycles. The van der Waals surface area contributed by atoms with Crippen LogP contribution in [0.15, 0.2) is 0 Å². The standard InChI is InChI=1S/C12H26N2O2/c1-5-6-7-13-12(16)10(4)14-11(8-15)9(2)3/h9-11,14-15H,5-8H2,1-4H3,(H,13,16)/t10?,11-/m1/s1. The fourth-order valence-corrected chi connectivity index (χ4v) is 1.39. The van der Waals surface area contributed by atoms with Gasteiger partial charge in [-0.1, -0.05) is 27.2 Å². The summed E-state index contributed by atoms with van der Waals surface area (Å²) in [4.78, 5) is 11.6. The normalized spacial score (nSPS) is 14.9. The van der Waals surface area contributed by atoms with E-state index in [0.717, 1.165) is 19.4 Å². The van der Waals surface area contributed by atoms with Crippen LogP contribution in [0, 0.1) is 5.92 Å². The first-order valence-electron chi connectivity index (χ1n) is 6.17. The zero-order chi connectivity index (χ0) is 12.6. The minimum atomic E-state index is -0.253. The van der Waals surface area contributed by atoms with Crippen LogP contribution < -0.4 is 10.6 Å². The highest BCUT2D eigenvalue weighted by Crippen LogP contribution is 2.01. The third-order valence-electron chi connectivity index (χ3n) is 2.69. The minimum absolute atomic E-state index is 0.00699. The Morgan fingerprint density at radius 1 is 1.31 bits per heavy atom. The Kier molecular flexibility index (Phi) is 8.21. The summed E-state index contributed by atoms with van der Waals surface area (Å²) in [5.74, 6) is 0.323. The predicted molar refractivity (Wildman–Crippen MR) is 66.2 cm³/mol. The lowest BCUT2D eigenvalue weighted by atomic mass is 10.0. The quantitative estimate of drug-likeness (QED) is 0.543. The van der Waals surface area contributed by atoms with Crippen molar-refractivity contribution in [3.8, 4) is 0 Å². The molecule has 1 amide bonds. The maximum absolute atomic E-state index is 11.6. The molecule has 0 aromatic rings. The summed E-state index contributed by atoms with van der Waals surface area (Å²) >= 11 is 0. The predicted octanol–water partition coefficient (Wildman–Crippen LogP) is 0.898. The van der Waals surface area contributed by atoms with Crippen LogP contribution >= 0.6 is 0 Å². The van der Waals surface area contributed by atoms with Gasteiger partial charge < -0.3 is 15.7 Å². The lowest BCUT2D eigenvalue weighted by Crippen LogP contribution is -2.49. The SMILES string of the molecule is CCCCNC(=O)C(C)N[C@H](CO)C(C)C. The molecule has 0 saturated carbocycles. The first kappa shape index (κ1) is 15.4. The first-order chi connectivity index (χ1) is 7.52. The molecule has 1 unspecified atom stereocenters. The molecular formula is C12H26N2O2. The lowest BCUT2D eigenvalue weighted by Gasteiger charge is -2.24. The van der Waals surface area contributed by atoms with Crippen molar-refractivity contribution in [3.63, 3.8) is 0 Å². The Morgan fingerprint density at radius 2 is 1.94 bits per heavy atom.